The van der Waals surface area contributed by atoms with Gasteiger partial charge in [0.05, 0.1) is 22.1 Å². The van der Waals surface area contributed by atoms with Crippen molar-refractivity contribution in [1.82, 2.24) is 24.1 Å². The van der Waals surface area contributed by atoms with Crippen LogP contribution in [-0.4, -0.2) is 24.1 Å². The van der Waals surface area contributed by atoms with Crippen molar-refractivity contribution >= 4 is 65.6 Å². The Kier molecular flexibility index (Phi) is 5.86. The molecule has 0 bridgehead atoms. The summed E-state index contributed by atoms with van der Waals surface area (Å²) in [5.74, 6) is 1.80. The number of hydrogen-bond donors (Lipinski definition) is 0. The lowest BCUT2D eigenvalue weighted by Crippen LogP contribution is -2.07. The van der Waals surface area contributed by atoms with Crippen LogP contribution in [0.25, 0.3) is 100.0 Å². The SMILES string of the molecule is c1ccc(-c2nc(-c3ccccc3)nc(-n3c4ccccc4c4ccc5c6cc7c(cc6n(-c6ccccc6)c5c43)oc3ccccc37)n2)cc1. The molecule has 0 aliphatic carbocycles. The fourth-order valence-electron chi connectivity index (χ4n) is 7.72. The first-order valence-electron chi connectivity index (χ1n) is 17.0. The van der Waals surface area contributed by atoms with Crippen LogP contribution in [0.2, 0.25) is 0 Å². The van der Waals surface area contributed by atoms with Gasteiger partial charge in [0.1, 0.15) is 11.2 Å². The minimum Gasteiger partial charge on any atom is -0.456 e. The van der Waals surface area contributed by atoms with E-state index in [1.807, 2.05) is 72.8 Å². The Bertz CT molecular complexity index is 3060. The molecule has 0 fully saturated rings. The molecule has 7 aromatic carbocycles. The third-order valence-corrected chi connectivity index (χ3v) is 9.96. The van der Waals surface area contributed by atoms with Crippen molar-refractivity contribution in [2.75, 3.05) is 0 Å². The smallest absolute Gasteiger partial charge is 0.238 e. The van der Waals surface area contributed by atoms with Crippen molar-refractivity contribution in [2.24, 2.45) is 0 Å². The number of hydrogen-bond acceptors (Lipinski definition) is 4. The van der Waals surface area contributed by atoms with Crippen LogP contribution in [0.4, 0.5) is 0 Å². The maximum Gasteiger partial charge on any atom is 0.238 e. The molecular weight excluding hydrogens is 627 g/mol. The molecule has 0 saturated heterocycles. The molecule has 0 saturated carbocycles. The highest BCUT2D eigenvalue weighted by Gasteiger charge is 2.24. The van der Waals surface area contributed by atoms with Gasteiger partial charge < -0.3 is 8.98 Å². The third kappa shape index (κ3) is 4.14. The predicted molar refractivity (Wildman–Crippen MR) is 207 cm³/mol. The van der Waals surface area contributed by atoms with E-state index in [4.69, 9.17) is 19.4 Å². The van der Waals surface area contributed by atoms with Crippen LogP contribution in [0.5, 0.6) is 0 Å². The van der Waals surface area contributed by atoms with Crippen LogP contribution in [0.15, 0.2) is 168 Å². The van der Waals surface area contributed by atoms with E-state index in [-0.39, 0.29) is 0 Å². The molecule has 4 aromatic heterocycles. The Hall–Kier alpha value is -7.05. The van der Waals surface area contributed by atoms with Crippen molar-refractivity contribution in [3.8, 4) is 34.4 Å². The second-order valence-corrected chi connectivity index (χ2v) is 12.9. The van der Waals surface area contributed by atoms with Gasteiger partial charge in [-0.05, 0) is 30.3 Å². The summed E-state index contributed by atoms with van der Waals surface area (Å²) >= 11 is 0. The number of rotatable bonds is 4. The lowest BCUT2D eigenvalue weighted by atomic mass is 10.1. The summed E-state index contributed by atoms with van der Waals surface area (Å²) in [6, 6.07) is 56.6. The van der Waals surface area contributed by atoms with E-state index >= 15 is 0 Å². The normalized spacial score (nSPS) is 11.9. The zero-order chi connectivity index (χ0) is 33.5. The first-order valence-corrected chi connectivity index (χ1v) is 17.0. The topological polar surface area (TPSA) is 61.7 Å². The van der Waals surface area contributed by atoms with Crippen LogP contribution >= 0.6 is 0 Å². The number of nitrogens with zero attached hydrogens (tertiary/aromatic N) is 5. The number of fused-ring (bicyclic) bond motifs is 10. The molecule has 0 unspecified atom stereocenters. The second kappa shape index (κ2) is 10.7. The van der Waals surface area contributed by atoms with Gasteiger partial charge in [-0.25, -0.2) is 4.98 Å². The van der Waals surface area contributed by atoms with Gasteiger partial charge >= 0.3 is 0 Å². The number of benzene rings is 7. The van der Waals surface area contributed by atoms with Crippen LogP contribution in [0.1, 0.15) is 0 Å². The fraction of sp³-hybridized carbons (Fsp3) is 0. The van der Waals surface area contributed by atoms with Gasteiger partial charge in [0.15, 0.2) is 11.6 Å². The van der Waals surface area contributed by atoms with E-state index in [1.165, 1.54) is 0 Å². The second-order valence-electron chi connectivity index (χ2n) is 12.9. The maximum atomic E-state index is 6.44. The van der Waals surface area contributed by atoms with Crippen LogP contribution in [0, 0.1) is 0 Å². The van der Waals surface area contributed by atoms with Gasteiger partial charge in [0.2, 0.25) is 5.95 Å². The highest BCUT2D eigenvalue weighted by atomic mass is 16.3. The van der Waals surface area contributed by atoms with Crippen LogP contribution in [-0.2, 0) is 0 Å². The van der Waals surface area contributed by atoms with Crippen molar-refractivity contribution in [3.05, 3.63) is 164 Å². The number of aromatic nitrogens is 5. The molecule has 0 aliphatic heterocycles. The summed E-state index contributed by atoms with van der Waals surface area (Å²) < 4.78 is 11.0. The largest absolute Gasteiger partial charge is 0.456 e. The Morgan fingerprint density at radius 3 is 1.65 bits per heavy atom. The zero-order valence-corrected chi connectivity index (χ0v) is 27.2. The summed E-state index contributed by atoms with van der Waals surface area (Å²) in [7, 11) is 0. The summed E-state index contributed by atoms with van der Waals surface area (Å²) in [4.78, 5) is 15.4. The monoisotopic (exact) mass is 653 g/mol. The van der Waals surface area contributed by atoms with Gasteiger partial charge in [0, 0.05) is 55.2 Å². The molecular formula is C45H27N5O. The molecule has 11 rings (SSSR count). The Morgan fingerprint density at radius 2 is 0.941 bits per heavy atom. The molecule has 0 spiro atoms. The highest BCUT2D eigenvalue weighted by molar-refractivity contribution is 6.25. The van der Waals surface area contributed by atoms with Gasteiger partial charge in [-0.2, -0.15) is 9.97 Å². The lowest BCUT2D eigenvalue weighted by Gasteiger charge is -2.13. The first-order chi connectivity index (χ1) is 25.3. The van der Waals surface area contributed by atoms with Crippen LogP contribution < -0.4 is 0 Å². The van der Waals surface area contributed by atoms with Gasteiger partial charge in [-0.15, -0.1) is 0 Å². The maximum absolute atomic E-state index is 6.44. The van der Waals surface area contributed by atoms with Crippen molar-refractivity contribution in [3.63, 3.8) is 0 Å². The molecule has 0 aliphatic rings. The van der Waals surface area contributed by atoms with E-state index < -0.39 is 0 Å². The Morgan fingerprint density at radius 1 is 0.373 bits per heavy atom. The summed E-state index contributed by atoms with van der Waals surface area (Å²) in [5.41, 5.74) is 8.85. The quantitative estimate of drug-likeness (QED) is 0.190. The molecule has 238 valence electrons. The zero-order valence-electron chi connectivity index (χ0n) is 27.2. The van der Waals surface area contributed by atoms with E-state index in [0.29, 0.717) is 17.6 Å². The van der Waals surface area contributed by atoms with E-state index in [1.54, 1.807) is 0 Å². The minimum absolute atomic E-state index is 0.561. The Balaban J connectivity index is 1.33. The summed E-state index contributed by atoms with van der Waals surface area (Å²) in [6.45, 7) is 0. The molecule has 6 nitrogen and oxygen atoms in total. The molecule has 0 amide bonds. The first kappa shape index (κ1) is 27.9. The molecule has 4 heterocycles. The van der Waals surface area contributed by atoms with Gasteiger partial charge in [-0.1, -0.05) is 127 Å². The van der Waals surface area contributed by atoms with Crippen LogP contribution in [0.3, 0.4) is 0 Å². The standard InChI is InChI=1S/C45H27N5O/c1-4-14-28(15-5-1)43-46-44(29-16-6-2-7-17-29)48-45(47-43)50-37-22-12-10-20-31(37)33-24-25-34-35-26-36-32-21-11-13-23-39(32)51-40(36)27-38(35)49(41(34)42(33)50)30-18-8-3-9-19-30/h1-27H. The number of furan rings is 1. The van der Waals surface area contributed by atoms with Gasteiger partial charge in [-0.3, -0.25) is 4.57 Å². The molecule has 0 radical (unpaired) electrons. The average molecular weight is 654 g/mol. The number of para-hydroxylation sites is 3. The van der Waals surface area contributed by atoms with Crippen molar-refractivity contribution in [2.45, 2.75) is 0 Å². The summed E-state index contributed by atoms with van der Waals surface area (Å²) in [6.07, 6.45) is 0. The predicted octanol–water partition coefficient (Wildman–Crippen LogP) is 11.3. The van der Waals surface area contributed by atoms with Gasteiger partial charge in [0.25, 0.3) is 0 Å². The van der Waals surface area contributed by atoms with Crippen molar-refractivity contribution < 1.29 is 4.42 Å². The molecule has 0 atom stereocenters. The molecule has 6 heteroatoms. The summed E-state index contributed by atoms with van der Waals surface area (Å²) in [5, 5.41) is 6.74. The molecule has 51 heavy (non-hydrogen) atoms. The average Bonchev–Trinajstić information content (AvgIpc) is 3.85. The molecule has 0 N–H and O–H groups in total. The molecule has 11 aromatic rings. The highest BCUT2D eigenvalue weighted by Crippen LogP contribution is 2.43. The van der Waals surface area contributed by atoms with E-state index in [2.05, 4.69) is 100 Å². The minimum atomic E-state index is 0.561. The third-order valence-electron chi connectivity index (χ3n) is 9.96. The van der Waals surface area contributed by atoms with E-state index in [9.17, 15) is 0 Å². The van der Waals surface area contributed by atoms with Crippen molar-refractivity contribution in [1.29, 1.82) is 0 Å². The fourth-order valence-corrected chi connectivity index (χ4v) is 7.72. The lowest BCUT2D eigenvalue weighted by molar-refractivity contribution is 0.669. The Labute approximate surface area is 291 Å². The van der Waals surface area contributed by atoms with E-state index in [0.717, 1.165) is 82.4 Å².